The molecule has 5 heteroatoms. The molecule has 0 heterocycles. The highest BCUT2D eigenvalue weighted by atomic mass is 28.4. The second-order valence-electron chi connectivity index (χ2n) is 9.32. The molecule has 0 aliphatic heterocycles. The van der Waals surface area contributed by atoms with Gasteiger partial charge in [0.2, 0.25) is 0 Å². The summed E-state index contributed by atoms with van der Waals surface area (Å²) in [6.07, 6.45) is -0.0471. The van der Waals surface area contributed by atoms with Gasteiger partial charge in [0.25, 0.3) is 8.32 Å². The lowest BCUT2D eigenvalue weighted by atomic mass is 10.0. The predicted octanol–water partition coefficient (Wildman–Crippen LogP) is 5.00. The normalized spacial score (nSPS) is 11.8. The molecule has 3 rings (SSSR count). The van der Waals surface area contributed by atoms with E-state index in [9.17, 15) is 4.79 Å². The Bertz CT molecular complexity index is 1070. The summed E-state index contributed by atoms with van der Waals surface area (Å²) >= 11 is 0. The molecule has 172 valence electrons. The Hall–Kier alpha value is -3.02. The number of benzene rings is 3. The molecule has 3 aromatic carbocycles. The lowest BCUT2D eigenvalue weighted by Crippen LogP contribution is -2.66. The minimum Gasteiger partial charge on any atom is -0.469 e. The van der Waals surface area contributed by atoms with E-state index in [0.29, 0.717) is 12.2 Å². The maximum absolute atomic E-state index is 11.6. The standard InChI is InChI=1S/C28H33NO3Si/c1-21-16-17-22(26(29)19-27(30)31-5)18-23(21)20-32-33(28(2,3)4,24-12-8-6-9-13-24)25-14-10-7-11-15-25/h6-18,29H,19-20H2,1-5H3. The fourth-order valence-electron chi connectivity index (χ4n) is 4.28. The molecule has 0 unspecified atom stereocenters. The number of nitrogens with one attached hydrogen (secondary N) is 1. The first kappa shape index (κ1) is 24.6. The highest BCUT2D eigenvalue weighted by Gasteiger charge is 2.50. The third-order valence-electron chi connectivity index (χ3n) is 6.11. The van der Waals surface area contributed by atoms with Crippen molar-refractivity contribution in [2.75, 3.05) is 7.11 Å². The van der Waals surface area contributed by atoms with Crippen molar-refractivity contribution in [2.24, 2.45) is 0 Å². The zero-order chi connectivity index (χ0) is 24.1. The second-order valence-corrected chi connectivity index (χ2v) is 13.6. The van der Waals surface area contributed by atoms with Gasteiger partial charge in [0.15, 0.2) is 0 Å². The minimum atomic E-state index is -2.66. The van der Waals surface area contributed by atoms with E-state index in [-0.39, 0.29) is 17.2 Å². The Morgan fingerprint density at radius 1 is 0.909 bits per heavy atom. The number of esters is 1. The van der Waals surface area contributed by atoms with Crippen LogP contribution in [0.4, 0.5) is 0 Å². The van der Waals surface area contributed by atoms with Crippen molar-refractivity contribution in [1.82, 2.24) is 0 Å². The Morgan fingerprint density at radius 2 is 1.45 bits per heavy atom. The zero-order valence-electron chi connectivity index (χ0n) is 20.1. The summed E-state index contributed by atoms with van der Waals surface area (Å²) in [6.45, 7) is 9.26. The largest absolute Gasteiger partial charge is 0.469 e. The van der Waals surface area contributed by atoms with Gasteiger partial charge in [-0.3, -0.25) is 4.79 Å². The van der Waals surface area contributed by atoms with Gasteiger partial charge < -0.3 is 14.6 Å². The number of ether oxygens (including phenoxy) is 1. The van der Waals surface area contributed by atoms with Crippen molar-refractivity contribution < 1.29 is 14.0 Å². The molecule has 33 heavy (non-hydrogen) atoms. The lowest BCUT2D eigenvalue weighted by molar-refractivity contribution is -0.139. The third-order valence-corrected chi connectivity index (χ3v) is 11.1. The Balaban J connectivity index is 2.03. The number of hydrogen-bond donors (Lipinski definition) is 1. The van der Waals surface area contributed by atoms with Crippen LogP contribution >= 0.6 is 0 Å². The van der Waals surface area contributed by atoms with Gasteiger partial charge in [-0.15, -0.1) is 0 Å². The van der Waals surface area contributed by atoms with Crippen LogP contribution in [0.5, 0.6) is 0 Å². The van der Waals surface area contributed by atoms with E-state index >= 15 is 0 Å². The fourth-order valence-corrected chi connectivity index (χ4v) is 8.81. The molecule has 0 bridgehead atoms. The van der Waals surface area contributed by atoms with E-state index in [1.165, 1.54) is 17.5 Å². The lowest BCUT2D eigenvalue weighted by Gasteiger charge is -2.43. The van der Waals surface area contributed by atoms with Crippen molar-refractivity contribution in [3.8, 4) is 0 Å². The summed E-state index contributed by atoms with van der Waals surface area (Å²) in [4.78, 5) is 11.6. The van der Waals surface area contributed by atoms with E-state index in [0.717, 1.165) is 11.1 Å². The predicted molar refractivity (Wildman–Crippen MR) is 137 cm³/mol. The molecule has 0 amide bonds. The van der Waals surface area contributed by atoms with Gasteiger partial charge in [0, 0.05) is 5.71 Å². The second kappa shape index (κ2) is 10.3. The Kier molecular flexibility index (Phi) is 7.67. The number of carbonyl (C=O) groups is 1. The summed E-state index contributed by atoms with van der Waals surface area (Å²) in [7, 11) is -1.32. The van der Waals surface area contributed by atoms with E-state index < -0.39 is 14.3 Å². The summed E-state index contributed by atoms with van der Waals surface area (Å²) in [5.41, 5.74) is 3.08. The number of methoxy groups -OCH3 is 1. The molecule has 0 spiro atoms. The molecular formula is C28H33NO3Si. The Labute approximate surface area is 198 Å². The number of hydrogen-bond acceptors (Lipinski definition) is 4. The summed E-state index contributed by atoms with van der Waals surface area (Å²) in [6, 6.07) is 27.0. The van der Waals surface area contributed by atoms with Gasteiger partial charge in [-0.25, -0.2) is 0 Å². The first-order valence-electron chi connectivity index (χ1n) is 11.2. The van der Waals surface area contributed by atoms with Gasteiger partial charge in [0.1, 0.15) is 0 Å². The molecule has 0 saturated heterocycles. The Morgan fingerprint density at radius 3 is 1.94 bits per heavy atom. The zero-order valence-corrected chi connectivity index (χ0v) is 21.1. The SMILES string of the molecule is COC(=O)CC(=N)c1ccc(C)c(CO[Si](c2ccccc2)(c2ccccc2)C(C)(C)C)c1. The monoisotopic (exact) mass is 459 g/mol. The molecule has 0 fully saturated rings. The van der Waals surface area contributed by atoms with Crippen molar-refractivity contribution >= 4 is 30.4 Å². The topological polar surface area (TPSA) is 59.4 Å². The fraction of sp³-hybridized carbons (Fsp3) is 0.286. The average Bonchev–Trinajstić information content (AvgIpc) is 2.81. The van der Waals surface area contributed by atoms with Crippen LogP contribution < -0.4 is 10.4 Å². The first-order chi connectivity index (χ1) is 15.7. The number of rotatable bonds is 8. The van der Waals surface area contributed by atoms with Crippen LogP contribution in [-0.4, -0.2) is 27.1 Å². The van der Waals surface area contributed by atoms with Crippen LogP contribution in [0.3, 0.4) is 0 Å². The number of carbonyl (C=O) groups excluding carboxylic acids is 1. The average molecular weight is 460 g/mol. The number of aryl methyl sites for hydroxylation is 1. The minimum absolute atomic E-state index is 0.0471. The van der Waals surface area contributed by atoms with Gasteiger partial charge in [-0.05, 0) is 45.1 Å². The van der Waals surface area contributed by atoms with Crippen molar-refractivity contribution in [3.63, 3.8) is 0 Å². The van der Waals surface area contributed by atoms with Crippen molar-refractivity contribution in [1.29, 1.82) is 5.41 Å². The molecule has 0 aliphatic carbocycles. The van der Waals surface area contributed by atoms with Crippen molar-refractivity contribution in [3.05, 3.63) is 95.6 Å². The van der Waals surface area contributed by atoms with Crippen molar-refractivity contribution in [2.45, 2.75) is 45.8 Å². The van der Waals surface area contributed by atoms with E-state index in [1.54, 1.807) is 0 Å². The maximum Gasteiger partial charge on any atom is 0.311 e. The van der Waals surface area contributed by atoms with Gasteiger partial charge in [0.05, 0.1) is 20.1 Å². The highest BCUT2D eigenvalue weighted by Crippen LogP contribution is 2.37. The molecular weight excluding hydrogens is 426 g/mol. The van der Waals surface area contributed by atoms with Crippen LogP contribution in [0.15, 0.2) is 78.9 Å². The van der Waals surface area contributed by atoms with Gasteiger partial charge >= 0.3 is 5.97 Å². The van der Waals surface area contributed by atoms with Gasteiger partial charge in [-0.1, -0.05) is 93.6 Å². The summed E-state index contributed by atoms with van der Waals surface area (Å²) < 4.78 is 11.8. The van der Waals surface area contributed by atoms with E-state index in [2.05, 4.69) is 76.2 Å². The molecule has 0 radical (unpaired) electrons. The van der Waals surface area contributed by atoms with Crippen LogP contribution in [0.25, 0.3) is 0 Å². The molecule has 0 aromatic heterocycles. The van der Waals surface area contributed by atoms with Crippen LogP contribution in [-0.2, 0) is 20.6 Å². The summed E-state index contributed by atoms with van der Waals surface area (Å²) in [5.74, 6) is -0.411. The molecule has 0 atom stereocenters. The van der Waals surface area contributed by atoms with Gasteiger partial charge in [-0.2, -0.15) is 0 Å². The molecule has 0 aliphatic rings. The van der Waals surface area contributed by atoms with Crippen LogP contribution in [0, 0.1) is 12.3 Å². The quantitative estimate of drug-likeness (QED) is 0.293. The van der Waals surface area contributed by atoms with E-state index in [1.807, 2.05) is 30.3 Å². The highest BCUT2D eigenvalue weighted by molar-refractivity contribution is 6.99. The maximum atomic E-state index is 11.6. The summed E-state index contributed by atoms with van der Waals surface area (Å²) in [5, 5.41) is 10.7. The third kappa shape index (κ3) is 5.32. The molecule has 4 nitrogen and oxygen atoms in total. The molecule has 0 saturated carbocycles. The smallest absolute Gasteiger partial charge is 0.311 e. The van der Waals surface area contributed by atoms with E-state index in [4.69, 9.17) is 14.6 Å². The van der Waals surface area contributed by atoms with Crippen LogP contribution in [0.1, 0.15) is 43.9 Å². The van der Waals surface area contributed by atoms with Crippen LogP contribution in [0.2, 0.25) is 5.04 Å². The first-order valence-corrected chi connectivity index (χ1v) is 13.1. The molecule has 3 aromatic rings. The molecule has 1 N–H and O–H groups in total.